The summed E-state index contributed by atoms with van der Waals surface area (Å²) < 4.78 is 26.5. The molecule has 8 rings (SSSR count). The zero-order valence-electron chi connectivity index (χ0n) is 32.4. The first-order valence-corrected chi connectivity index (χ1v) is 22.9. The second kappa shape index (κ2) is 16.7. The van der Waals surface area contributed by atoms with Gasteiger partial charge in [-0.25, -0.2) is 5.09 Å². The highest BCUT2D eigenvalue weighted by Crippen LogP contribution is 2.48. The molecule has 3 aliphatic heterocycles. The summed E-state index contributed by atoms with van der Waals surface area (Å²) in [5.74, 6) is 0.255. The van der Waals surface area contributed by atoms with Crippen LogP contribution in [0.5, 0.6) is 5.75 Å². The van der Waals surface area contributed by atoms with E-state index in [0.717, 1.165) is 29.3 Å². The SMILES string of the molecule is CCCOC(=O)[C@H](C)NP(=O)(Cc1ccc2sc(C(=O)N[C@H]3CCC[C@H]4CC[C@@H](C(=O)N5CC(c6cnccc6C6CC6)C5)N4C3=O)cc2c1)Oc1ccccc1. The van der Waals surface area contributed by atoms with Gasteiger partial charge in [-0.2, -0.15) is 0 Å². The number of pyridine rings is 1. The van der Waals surface area contributed by atoms with E-state index in [1.165, 1.54) is 35.3 Å². The first-order valence-electron chi connectivity index (χ1n) is 20.3. The van der Waals surface area contributed by atoms with Gasteiger partial charge in [0.15, 0.2) is 0 Å². The maximum atomic E-state index is 14.3. The predicted octanol–water partition coefficient (Wildman–Crippen LogP) is 7.15. The minimum atomic E-state index is -3.68. The van der Waals surface area contributed by atoms with Crippen LogP contribution in [0, 0.1) is 0 Å². The molecule has 4 aliphatic rings. The third kappa shape index (κ3) is 8.66. The molecule has 3 amide bonds. The number of para-hydroxylation sites is 1. The molecule has 14 heteroatoms. The Morgan fingerprint density at radius 3 is 2.54 bits per heavy atom. The number of esters is 1. The van der Waals surface area contributed by atoms with Gasteiger partial charge < -0.3 is 24.4 Å². The van der Waals surface area contributed by atoms with E-state index in [1.54, 1.807) is 42.2 Å². The number of hydrogen-bond acceptors (Lipinski definition) is 9. The molecule has 0 radical (unpaired) electrons. The normalized spacial score (nSPS) is 22.6. The van der Waals surface area contributed by atoms with E-state index in [-0.39, 0.29) is 42.5 Å². The monoisotopic (exact) mass is 811 g/mol. The maximum absolute atomic E-state index is 14.3. The molecule has 3 saturated heterocycles. The number of rotatable bonds is 14. The average molecular weight is 812 g/mol. The summed E-state index contributed by atoms with van der Waals surface area (Å²) in [7, 11) is -3.68. The van der Waals surface area contributed by atoms with Gasteiger partial charge >= 0.3 is 13.5 Å². The number of carbonyl (C=O) groups excluding carboxylic acids is 4. The van der Waals surface area contributed by atoms with Gasteiger partial charge in [0.2, 0.25) is 11.8 Å². The summed E-state index contributed by atoms with van der Waals surface area (Å²) in [4.78, 5) is 62.9. The average Bonchev–Trinajstić information content (AvgIpc) is 3.84. The van der Waals surface area contributed by atoms with Gasteiger partial charge in [0.1, 0.15) is 23.9 Å². The van der Waals surface area contributed by atoms with Crippen molar-refractivity contribution in [2.24, 2.45) is 0 Å². The van der Waals surface area contributed by atoms with Gasteiger partial charge in [-0.15, -0.1) is 11.3 Å². The highest BCUT2D eigenvalue weighted by Gasteiger charge is 2.48. The van der Waals surface area contributed by atoms with Crippen molar-refractivity contribution in [1.29, 1.82) is 0 Å². The largest absolute Gasteiger partial charge is 0.465 e. The smallest absolute Gasteiger partial charge is 0.323 e. The highest BCUT2D eigenvalue weighted by atomic mass is 32.1. The quantitative estimate of drug-likeness (QED) is 0.100. The molecule has 57 heavy (non-hydrogen) atoms. The summed E-state index contributed by atoms with van der Waals surface area (Å²) in [5.41, 5.74) is 3.32. The Labute approximate surface area is 337 Å². The van der Waals surface area contributed by atoms with E-state index in [1.807, 2.05) is 48.5 Å². The number of likely N-dealkylation sites (tertiary alicyclic amines) is 1. The van der Waals surface area contributed by atoms with Crippen molar-refractivity contribution in [3.63, 3.8) is 0 Å². The highest BCUT2D eigenvalue weighted by molar-refractivity contribution is 7.56. The Morgan fingerprint density at radius 2 is 1.77 bits per heavy atom. The second-order valence-corrected chi connectivity index (χ2v) is 19.1. The van der Waals surface area contributed by atoms with Crippen molar-refractivity contribution >= 4 is 52.6 Å². The number of benzene rings is 2. The number of hydrogen-bond donors (Lipinski definition) is 2. The number of ether oxygens (including phenoxy) is 1. The molecule has 2 N–H and O–H groups in total. The first-order chi connectivity index (χ1) is 27.6. The van der Waals surface area contributed by atoms with Crippen molar-refractivity contribution in [2.45, 2.75) is 107 Å². The molecule has 1 unspecified atom stereocenters. The zero-order chi connectivity index (χ0) is 39.7. The zero-order valence-corrected chi connectivity index (χ0v) is 34.1. The van der Waals surface area contributed by atoms with E-state index in [9.17, 15) is 23.7 Å². The summed E-state index contributed by atoms with van der Waals surface area (Å²) in [6, 6.07) is 16.2. The summed E-state index contributed by atoms with van der Waals surface area (Å²) in [5, 5.41) is 6.72. The van der Waals surface area contributed by atoms with Crippen LogP contribution >= 0.6 is 18.9 Å². The number of aromatic nitrogens is 1. The lowest BCUT2D eigenvalue weighted by molar-refractivity contribution is -0.148. The van der Waals surface area contributed by atoms with Crippen LogP contribution in [0.25, 0.3) is 10.1 Å². The topological polar surface area (TPSA) is 147 Å². The molecule has 0 bridgehead atoms. The van der Waals surface area contributed by atoms with Crippen LogP contribution < -0.4 is 14.9 Å². The number of thiophene rings is 1. The van der Waals surface area contributed by atoms with Crippen LogP contribution in [0.1, 0.15) is 103 Å². The van der Waals surface area contributed by atoms with Gasteiger partial charge in [0.25, 0.3) is 5.91 Å². The van der Waals surface area contributed by atoms with E-state index < -0.39 is 31.6 Å². The van der Waals surface area contributed by atoms with Crippen molar-refractivity contribution < 1.29 is 33.0 Å². The van der Waals surface area contributed by atoms with Gasteiger partial charge in [0.05, 0.1) is 17.6 Å². The fraction of sp³-hybridized carbons (Fsp3) is 0.465. The Hall–Kier alpha value is -4.58. The molecule has 1 saturated carbocycles. The molecule has 4 fully saturated rings. The Morgan fingerprint density at radius 1 is 0.965 bits per heavy atom. The maximum Gasteiger partial charge on any atom is 0.323 e. The number of fused-ring (bicyclic) bond motifs is 2. The van der Waals surface area contributed by atoms with Gasteiger partial charge in [0, 0.05) is 42.1 Å². The number of carbonyl (C=O) groups is 4. The fourth-order valence-corrected chi connectivity index (χ4v) is 11.5. The summed E-state index contributed by atoms with van der Waals surface area (Å²) in [6.07, 6.45) is 10.4. The van der Waals surface area contributed by atoms with Crippen LogP contribution in [-0.4, -0.2) is 82.3 Å². The van der Waals surface area contributed by atoms with Gasteiger partial charge in [-0.1, -0.05) is 31.2 Å². The number of amides is 3. The van der Waals surface area contributed by atoms with Crippen molar-refractivity contribution in [1.82, 2.24) is 25.2 Å². The summed E-state index contributed by atoms with van der Waals surface area (Å²) in [6.45, 7) is 5.05. The Kier molecular flexibility index (Phi) is 11.5. The molecule has 12 nitrogen and oxygen atoms in total. The molecule has 5 atom stereocenters. The lowest BCUT2D eigenvalue weighted by Crippen LogP contribution is -2.58. The molecule has 300 valence electrons. The van der Waals surface area contributed by atoms with Crippen LogP contribution in [-0.2, 0) is 29.8 Å². The minimum Gasteiger partial charge on any atom is -0.465 e. The fourth-order valence-electron chi connectivity index (χ4n) is 8.53. The van der Waals surface area contributed by atoms with Crippen LogP contribution in [0.15, 0.2) is 73.1 Å². The molecular formula is C43H50N5O7PS. The molecule has 2 aromatic carbocycles. The van der Waals surface area contributed by atoms with Gasteiger partial charge in [-0.05, 0) is 123 Å². The van der Waals surface area contributed by atoms with E-state index >= 15 is 0 Å². The predicted molar refractivity (Wildman–Crippen MR) is 218 cm³/mol. The van der Waals surface area contributed by atoms with Crippen LogP contribution in [0.3, 0.4) is 0 Å². The first kappa shape index (κ1) is 39.3. The van der Waals surface area contributed by atoms with E-state index in [2.05, 4.69) is 21.5 Å². The van der Waals surface area contributed by atoms with Crippen LogP contribution in [0.2, 0.25) is 0 Å². The lowest BCUT2D eigenvalue weighted by Gasteiger charge is -2.43. The third-order valence-electron chi connectivity index (χ3n) is 11.6. The van der Waals surface area contributed by atoms with Crippen molar-refractivity contribution in [2.75, 3.05) is 19.7 Å². The van der Waals surface area contributed by atoms with E-state index in [0.29, 0.717) is 54.5 Å². The Balaban J connectivity index is 0.927. The van der Waals surface area contributed by atoms with Crippen molar-refractivity contribution in [3.8, 4) is 5.75 Å². The molecule has 5 heterocycles. The molecule has 1 aliphatic carbocycles. The van der Waals surface area contributed by atoms with Crippen LogP contribution in [0.4, 0.5) is 0 Å². The van der Waals surface area contributed by atoms with Gasteiger partial charge in [-0.3, -0.25) is 28.7 Å². The molecular weight excluding hydrogens is 762 g/mol. The third-order valence-corrected chi connectivity index (χ3v) is 14.8. The minimum absolute atomic E-state index is 0.00530. The van der Waals surface area contributed by atoms with E-state index in [4.69, 9.17) is 9.26 Å². The molecule has 0 spiro atoms. The molecule has 4 aromatic rings. The summed E-state index contributed by atoms with van der Waals surface area (Å²) >= 11 is 1.32. The number of nitrogens with one attached hydrogen (secondary N) is 2. The van der Waals surface area contributed by atoms with Crippen molar-refractivity contribution in [3.05, 3.63) is 94.6 Å². The lowest BCUT2D eigenvalue weighted by atomic mass is 9.87. The Bertz CT molecular complexity index is 2190. The standard InChI is InChI=1S/C43H50N5O7PS/c1-3-20-54-43(52)27(2)46-56(53,55-33-9-5-4-6-10-33)26-28-12-17-38-30(21-28)22-39(57-38)40(49)45-36-11-7-8-32-15-16-37(48(32)41(36)50)42(51)47-24-31(25-47)35-23-44-19-18-34(35)29-13-14-29/h4-6,9-10,12,17-19,21-23,27,29,31-32,36-37H,3,7-8,11,13-16,20,24-26H2,1-2H3,(H,45,49)(H,46,53)/t27-,32-,36-,37-,56?/m0/s1. The molecule has 2 aromatic heterocycles. The number of nitrogens with zero attached hydrogens (tertiary/aromatic N) is 3. The second-order valence-electron chi connectivity index (χ2n) is 15.9.